The van der Waals surface area contributed by atoms with E-state index in [1.54, 1.807) is 0 Å². The van der Waals surface area contributed by atoms with E-state index >= 15 is 0 Å². The minimum Gasteiger partial charge on any atom is -0.490 e. The lowest BCUT2D eigenvalue weighted by molar-refractivity contribution is 0.0990. The molecule has 0 amide bonds. The lowest BCUT2D eigenvalue weighted by atomic mass is 10.1. The van der Waals surface area contributed by atoms with E-state index in [1.165, 1.54) is 25.5 Å². The first-order valence-corrected chi connectivity index (χ1v) is 8.52. The average Bonchev–Trinajstić information content (AvgIpc) is 2.44. The molecule has 0 saturated carbocycles. The van der Waals surface area contributed by atoms with Gasteiger partial charge in [0.15, 0.2) is 0 Å². The van der Waals surface area contributed by atoms with Crippen molar-refractivity contribution in [3.8, 4) is 5.75 Å². The van der Waals surface area contributed by atoms with Gasteiger partial charge >= 0.3 is 0 Å². The number of hydrogen-bond acceptors (Lipinski definition) is 2. The van der Waals surface area contributed by atoms with Gasteiger partial charge in [0.05, 0.1) is 0 Å². The molecule has 1 aromatic carbocycles. The Morgan fingerprint density at radius 1 is 1.35 bits per heavy atom. The molecule has 1 heterocycles. The molecule has 2 nitrogen and oxygen atoms in total. The molecule has 4 heteroatoms. The first-order valence-electron chi connectivity index (χ1n) is 7.44. The highest BCUT2D eigenvalue weighted by Gasteiger charge is 2.21. The van der Waals surface area contributed by atoms with Gasteiger partial charge in [-0.3, -0.25) is 0 Å². The Bertz CT molecular complexity index is 444. The minimum atomic E-state index is -0.188. The van der Waals surface area contributed by atoms with Crippen LogP contribution in [0.3, 0.4) is 0 Å². The highest BCUT2D eigenvalue weighted by atomic mass is 127. The summed E-state index contributed by atoms with van der Waals surface area (Å²) < 4.78 is 20.3. The molecule has 1 aromatic rings. The molecule has 0 aromatic heterocycles. The molecule has 0 atom stereocenters. The van der Waals surface area contributed by atoms with E-state index in [9.17, 15) is 4.39 Å². The third kappa shape index (κ3) is 4.32. The van der Waals surface area contributed by atoms with Crippen LogP contribution in [-0.2, 0) is 0 Å². The van der Waals surface area contributed by atoms with Crippen LogP contribution in [0, 0.1) is 16.3 Å². The first kappa shape index (κ1) is 16.0. The molecular weight excluding hydrogens is 368 g/mol. The lowest BCUT2D eigenvalue weighted by Gasteiger charge is -2.32. The quantitative estimate of drug-likeness (QED) is 0.691. The molecule has 1 aliphatic rings. The molecular formula is C16H23FINO. The maximum atomic E-state index is 13.6. The predicted octanol–water partition coefficient (Wildman–Crippen LogP) is 4.38. The SMILES string of the molecule is CCCCN1CCC(Oc2cc(F)c(I)cc2C)CC1. The number of unbranched alkanes of at least 4 members (excludes halogenated alkanes) is 1. The van der Waals surface area contributed by atoms with Crippen molar-refractivity contribution in [3.63, 3.8) is 0 Å². The summed E-state index contributed by atoms with van der Waals surface area (Å²) in [6, 6.07) is 3.38. The Labute approximate surface area is 134 Å². The van der Waals surface area contributed by atoms with Crippen molar-refractivity contribution in [2.75, 3.05) is 19.6 Å². The molecule has 2 rings (SSSR count). The van der Waals surface area contributed by atoms with Crippen molar-refractivity contribution in [1.29, 1.82) is 0 Å². The molecule has 0 N–H and O–H groups in total. The Balaban J connectivity index is 1.88. The maximum Gasteiger partial charge on any atom is 0.140 e. The Morgan fingerprint density at radius 2 is 2.05 bits per heavy atom. The summed E-state index contributed by atoms with van der Waals surface area (Å²) in [5, 5.41) is 0. The van der Waals surface area contributed by atoms with Crippen LogP contribution < -0.4 is 4.74 Å². The van der Waals surface area contributed by atoms with Gasteiger partial charge in [-0.15, -0.1) is 0 Å². The third-order valence-corrected chi connectivity index (χ3v) is 4.70. The fourth-order valence-corrected chi connectivity index (χ4v) is 3.19. The van der Waals surface area contributed by atoms with E-state index < -0.39 is 0 Å². The third-order valence-electron chi connectivity index (χ3n) is 3.87. The minimum absolute atomic E-state index is 0.188. The number of aryl methyl sites for hydroxylation is 1. The number of halogens is 2. The van der Waals surface area contributed by atoms with Gasteiger partial charge in [0.1, 0.15) is 17.7 Å². The number of likely N-dealkylation sites (tertiary alicyclic amines) is 1. The largest absolute Gasteiger partial charge is 0.490 e. The molecule has 20 heavy (non-hydrogen) atoms. The second-order valence-electron chi connectivity index (χ2n) is 5.54. The number of hydrogen-bond donors (Lipinski definition) is 0. The highest BCUT2D eigenvalue weighted by molar-refractivity contribution is 14.1. The fourth-order valence-electron chi connectivity index (χ4n) is 2.57. The summed E-state index contributed by atoms with van der Waals surface area (Å²) in [6.45, 7) is 7.59. The van der Waals surface area contributed by atoms with Crippen LogP contribution in [0.15, 0.2) is 12.1 Å². The standard InChI is InChI=1S/C16H23FINO/c1-3-4-7-19-8-5-13(6-9-19)20-16-11-14(17)15(18)10-12(16)2/h10-11,13H,3-9H2,1-2H3. The summed E-state index contributed by atoms with van der Waals surface area (Å²) in [7, 11) is 0. The zero-order valence-corrected chi connectivity index (χ0v) is 14.5. The normalized spacial score (nSPS) is 17.4. The van der Waals surface area contributed by atoms with E-state index in [-0.39, 0.29) is 11.9 Å². The fraction of sp³-hybridized carbons (Fsp3) is 0.625. The molecule has 0 radical (unpaired) electrons. The zero-order chi connectivity index (χ0) is 14.5. The molecule has 1 saturated heterocycles. The van der Waals surface area contributed by atoms with Gasteiger partial charge in [-0.25, -0.2) is 4.39 Å². The summed E-state index contributed by atoms with van der Waals surface area (Å²) >= 11 is 2.02. The number of rotatable bonds is 5. The van der Waals surface area contributed by atoms with Gasteiger partial charge in [0.25, 0.3) is 0 Å². The number of ether oxygens (including phenoxy) is 1. The molecule has 1 aliphatic heterocycles. The number of nitrogens with zero attached hydrogens (tertiary/aromatic N) is 1. The summed E-state index contributed by atoms with van der Waals surface area (Å²) in [6.07, 6.45) is 4.82. The Morgan fingerprint density at radius 3 is 2.70 bits per heavy atom. The molecule has 112 valence electrons. The van der Waals surface area contributed by atoms with E-state index in [0.29, 0.717) is 9.32 Å². The maximum absolute atomic E-state index is 13.6. The van der Waals surface area contributed by atoms with Crippen molar-refractivity contribution in [1.82, 2.24) is 4.90 Å². The van der Waals surface area contributed by atoms with Gasteiger partial charge < -0.3 is 9.64 Å². The van der Waals surface area contributed by atoms with Crippen molar-refractivity contribution in [3.05, 3.63) is 27.1 Å². The Hall–Kier alpha value is -0.360. The van der Waals surface area contributed by atoms with Gasteiger partial charge in [-0.1, -0.05) is 13.3 Å². The number of piperidine rings is 1. The van der Waals surface area contributed by atoms with E-state index in [0.717, 1.165) is 31.5 Å². The van der Waals surface area contributed by atoms with Crippen LogP contribution in [0.1, 0.15) is 38.2 Å². The zero-order valence-electron chi connectivity index (χ0n) is 12.3. The van der Waals surface area contributed by atoms with E-state index in [2.05, 4.69) is 11.8 Å². The van der Waals surface area contributed by atoms with Crippen LogP contribution in [0.4, 0.5) is 4.39 Å². The van der Waals surface area contributed by atoms with Crippen LogP contribution in [0.2, 0.25) is 0 Å². The van der Waals surface area contributed by atoms with Crippen molar-refractivity contribution in [2.24, 2.45) is 0 Å². The van der Waals surface area contributed by atoms with Crippen molar-refractivity contribution < 1.29 is 9.13 Å². The molecule has 0 spiro atoms. The van der Waals surface area contributed by atoms with E-state index in [1.807, 2.05) is 35.6 Å². The van der Waals surface area contributed by atoms with Gasteiger partial charge in [0, 0.05) is 22.7 Å². The molecule has 0 aliphatic carbocycles. The van der Waals surface area contributed by atoms with Gasteiger partial charge in [0.2, 0.25) is 0 Å². The van der Waals surface area contributed by atoms with E-state index in [4.69, 9.17) is 4.74 Å². The average molecular weight is 391 g/mol. The second-order valence-corrected chi connectivity index (χ2v) is 6.71. The van der Waals surface area contributed by atoms with Crippen LogP contribution >= 0.6 is 22.6 Å². The summed E-state index contributed by atoms with van der Waals surface area (Å²) in [5.41, 5.74) is 1.02. The van der Waals surface area contributed by atoms with Crippen LogP contribution in [0.25, 0.3) is 0 Å². The van der Waals surface area contributed by atoms with Crippen LogP contribution in [0.5, 0.6) is 5.75 Å². The second kappa shape index (κ2) is 7.59. The van der Waals surface area contributed by atoms with Crippen molar-refractivity contribution >= 4 is 22.6 Å². The predicted molar refractivity (Wildman–Crippen MR) is 88.9 cm³/mol. The highest BCUT2D eigenvalue weighted by Crippen LogP contribution is 2.26. The first-order chi connectivity index (χ1) is 9.60. The smallest absolute Gasteiger partial charge is 0.140 e. The van der Waals surface area contributed by atoms with Crippen molar-refractivity contribution in [2.45, 2.75) is 45.6 Å². The topological polar surface area (TPSA) is 12.5 Å². The molecule has 0 bridgehead atoms. The molecule has 1 fully saturated rings. The number of benzene rings is 1. The molecule has 0 unspecified atom stereocenters. The Kier molecular flexibility index (Phi) is 6.08. The summed E-state index contributed by atoms with van der Waals surface area (Å²) in [4.78, 5) is 2.50. The summed E-state index contributed by atoms with van der Waals surface area (Å²) in [5.74, 6) is 0.515. The van der Waals surface area contributed by atoms with Gasteiger partial charge in [-0.2, -0.15) is 0 Å². The monoisotopic (exact) mass is 391 g/mol. The van der Waals surface area contributed by atoms with Crippen LogP contribution in [-0.4, -0.2) is 30.6 Å². The van der Waals surface area contributed by atoms with Gasteiger partial charge in [-0.05, 0) is 67.0 Å². The lowest BCUT2D eigenvalue weighted by Crippen LogP contribution is -2.38.